The minimum absolute atomic E-state index is 0.245. The molecule has 1 rings (SSSR count). The number of nitrogens with zero attached hydrogens (tertiary/aromatic N) is 1. The van der Waals surface area contributed by atoms with Crippen LogP contribution >= 0.6 is 0 Å². The topological polar surface area (TPSA) is 35.5 Å². The highest BCUT2D eigenvalue weighted by molar-refractivity contribution is 4.92. The van der Waals surface area contributed by atoms with Gasteiger partial charge in [-0.2, -0.15) is 0 Å². The molecular weight excluding hydrogens is 200 g/mol. The van der Waals surface area contributed by atoms with E-state index < -0.39 is 0 Å². The van der Waals surface area contributed by atoms with Gasteiger partial charge in [0, 0.05) is 25.2 Å². The third-order valence-electron chi connectivity index (χ3n) is 3.39. The monoisotopic (exact) mass is 226 g/mol. The van der Waals surface area contributed by atoms with Crippen LogP contribution in [0.4, 0.5) is 0 Å². The number of hydrogen-bond acceptors (Lipinski definition) is 3. The Morgan fingerprint density at radius 3 is 2.69 bits per heavy atom. The van der Waals surface area contributed by atoms with Crippen molar-refractivity contribution in [3.05, 3.63) is 12.7 Å². The molecule has 16 heavy (non-hydrogen) atoms. The predicted octanol–water partition coefficient (Wildman–Crippen LogP) is 1.24. The molecule has 0 aromatic heterocycles. The van der Waals surface area contributed by atoms with Crippen molar-refractivity contribution in [2.45, 2.75) is 38.8 Å². The molecule has 1 saturated carbocycles. The molecule has 2 N–H and O–H groups in total. The van der Waals surface area contributed by atoms with Crippen molar-refractivity contribution < 1.29 is 5.11 Å². The summed E-state index contributed by atoms with van der Waals surface area (Å²) in [6.45, 7) is 11.2. The fourth-order valence-corrected chi connectivity index (χ4v) is 2.34. The Hall–Kier alpha value is -0.380. The van der Waals surface area contributed by atoms with Crippen molar-refractivity contribution in [1.29, 1.82) is 0 Å². The van der Waals surface area contributed by atoms with E-state index in [9.17, 15) is 0 Å². The summed E-state index contributed by atoms with van der Waals surface area (Å²) in [5, 5.41) is 12.5. The van der Waals surface area contributed by atoms with Gasteiger partial charge in [0.15, 0.2) is 0 Å². The minimum atomic E-state index is 0.245. The van der Waals surface area contributed by atoms with Gasteiger partial charge in [0.1, 0.15) is 0 Å². The lowest BCUT2D eigenvalue weighted by atomic mass is 9.78. The Morgan fingerprint density at radius 1 is 1.50 bits per heavy atom. The zero-order chi connectivity index (χ0) is 12.0. The summed E-state index contributed by atoms with van der Waals surface area (Å²) in [4.78, 5) is 2.35. The van der Waals surface area contributed by atoms with Gasteiger partial charge >= 0.3 is 0 Å². The van der Waals surface area contributed by atoms with E-state index in [-0.39, 0.29) is 6.61 Å². The molecular formula is C13H26N2O. The highest BCUT2D eigenvalue weighted by atomic mass is 16.3. The molecule has 0 amide bonds. The summed E-state index contributed by atoms with van der Waals surface area (Å²) in [5.74, 6) is 0.744. The van der Waals surface area contributed by atoms with Gasteiger partial charge in [-0.25, -0.2) is 0 Å². The van der Waals surface area contributed by atoms with Crippen molar-refractivity contribution in [3.8, 4) is 0 Å². The molecule has 1 fully saturated rings. The molecule has 3 heteroatoms. The van der Waals surface area contributed by atoms with E-state index in [2.05, 4.69) is 30.6 Å². The van der Waals surface area contributed by atoms with Crippen molar-refractivity contribution in [2.24, 2.45) is 5.92 Å². The van der Waals surface area contributed by atoms with Gasteiger partial charge in [0.2, 0.25) is 0 Å². The molecule has 2 atom stereocenters. The van der Waals surface area contributed by atoms with E-state index in [4.69, 9.17) is 5.11 Å². The maximum absolute atomic E-state index is 9.04. The largest absolute Gasteiger partial charge is 0.395 e. The lowest BCUT2D eigenvalue weighted by molar-refractivity contribution is 0.0561. The van der Waals surface area contributed by atoms with Gasteiger partial charge in [-0.3, -0.25) is 4.90 Å². The Balaban J connectivity index is 2.35. The average Bonchev–Trinajstić information content (AvgIpc) is 2.16. The van der Waals surface area contributed by atoms with Crippen LogP contribution in [-0.2, 0) is 0 Å². The second kappa shape index (κ2) is 7.05. The fourth-order valence-electron chi connectivity index (χ4n) is 2.34. The molecule has 0 aromatic rings. The summed E-state index contributed by atoms with van der Waals surface area (Å²) in [6.07, 6.45) is 4.50. The molecule has 0 heterocycles. The average molecular weight is 226 g/mol. The van der Waals surface area contributed by atoms with Gasteiger partial charge in [-0.1, -0.05) is 19.9 Å². The highest BCUT2D eigenvalue weighted by Gasteiger charge is 2.34. The van der Waals surface area contributed by atoms with E-state index >= 15 is 0 Å². The lowest BCUT2D eigenvalue weighted by Gasteiger charge is -2.44. The van der Waals surface area contributed by atoms with E-state index in [0.29, 0.717) is 12.1 Å². The first-order valence-corrected chi connectivity index (χ1v) is 6.38. The van der Waals surface area contributed by atoms with E-state index in [1.807, 2.05) is 6.08 Å². The molecule has 94 valence electrons. The molecule has 0 radical (unpaired) electrons. The third-order valence-corrected chi connectivity index (χ3v) is 3.39. The first-order chi connectivity index (χ1) is 7.69. The normalized spacial score (nSPS) is 24.8. The second-order valence-corrected chi connectivity index (χ2v) is 4.97. The van der Waals surface area contributed by atoms with Crippen LogP contribution in [0.5, 0.6) is 0 Å². The molecule has 0 saturated heterocycles. The van der Waals surface area contributed by atoms with Gasteiger partial charge in [-0.05, 0) is 25.3 Å². The zero-order valence-corrected chi connectivity index (χ0v) is 10.7. The molecule has 0 spiro atoms. The second-order valence-electron chi connectivity index (χ2n) is 4.97. The van der Waals surface area contributed by atoms with Crippen LogP contribution in [0.2, 0.25) is 0 Å². The third kappa shape index (κ3) is 3.89. The standard InChI is InChI=1S/C13H26N2O/c1-4-7-15(8-9-16)13-6-5-12(13)10-14-11(2)3/h4,11-14,16H,1,5-10H2,2-3H3. The first kappa shape index (κ1) is 13.7. The maximum Gasteiger partial charge on any atom is 0.0558 e. The maximum atomic E-state index is 9.04. The van der Waals surface area contributed by atoms with Gasteiger partial charge in [0.25, 0.3) is 0 Å². The van der Waals surface area contributed by atoms with Crippen LogP contribution in [-0.4, -0.2) is 48.3 Å². The smallest absolute Gasteiger partial charge is 0.0558 e. The molecule has 1 aliphatic carbocycles. The zero-order valence-electron chi connectivity index (χ0n) is 10.7. The number of nitrogens with one attached hydrogen (secondary N) is 1. The summed E-state index contributed by atoms with van der Waals surface area (Å²) in [7, 11) is 0. The SMILES string of the molecule is C=CCN(CCO)C1CCC1CNC(C)C. The first-order valence-electron chi connectivity index (χ1n) is 6.38. The van der Waals surface area contributed by atoms with Crippen LogP contribution in [0.15, 0.2) is 12.7 Å². The van der Waals surface area contributed by atoms with Crippen molar-refractivity contribution >= 4 is 0 Å². The van der Waals surface area contributed by atoms with Crippen molar-refractivity contribution in [3.63, 3.8) is 0 Å². The van der Waals surface area contributed by atoms with Gasteiger partial charge in [-0.15, -0.1) is 6.58 Å². The highest BCUT2D eigenvalue weighted by Crippen LogP contribution is 2.31. The van der Waals surface area contributed by atoms with E-state index in [1.165, 1.54) is 12.8 Å². The van der Waals surface area contributed by atoms with Crippen LogP contribution in [0.1, 0.15) is 26.7 Å². The Morgan fingerprint density at radius 2 is 2.25 bits per heavy atom. The molecule has 0 bridgehead atoms. The van der Waals surface area contributed by atoms with Crippen molar-refractivity contribution in [1.82, 2.24) is 10.2 Å². The number of aliphatic hydroxyl groups excluding tert-OH is 1. The molecule has 0 aliphatic heterocycles. The van der Waals surface area contributed by atoms with Crippen LogP contribution < -0.4 is 5.32 Å². The Bertz CT molecular complexity index is 206. The molecule has 0 aromatic carbocycles. The quantitative estimate of drug-likeness (QED) is 0.611. The molecule has 1 aliphatic rings. The fraction of sp³-hybridized carbons (Fsp3) is 0.846. The van der Waals surface area contributed by atoms with Crippen molar-refractivity contribution in [2.75, 3.05) is 26.2 Å². The van der Waals surface area contributed by atoms with Gasteiger partial charge < -0.3 is 10.4 Å². The molecule has 3 nitrogen and oxygen atoms in total. The predicted molar refractivity (Wildman–Crippen MR) is 68.5 cm³/mol. The number of rotatable bonds is 8. The minimum Gasteiger partial charge on any atom is -0.395 e. The van der Waals surface area contributed by atoms with Crippen LogP contribution in [0.3, 0.4) is 0 Å². The Kier molecular flexibility index (Phi) is 6.03. The Labute approximate surface area is 99.5 Å². The van der Waals surface area contributed by atoms with E-state index in [0.717, 1.165) is 25.6 Å². The van der Waals surface area contributed by atoms with Gasteiger partial charge in [0.05, 0.1) is 6.61 Å². The number of aliphatic hydroxyl groups is 1. The summed E-state index contributed by atoms with van der Waals surface area (Å²) >= 11 is 0. The lowest BCUT2D eigenvalue weighted by Crippen LogP contribution is -2.52. The van der Waals surface area contributed by atoms with Crippen LogP contribution in [0, 0.1) is 5.92 Å². The number of hydrogen-bond donors (Lipinski definition) is 2. The summed E-state index contributed by atoms with van der Waals surface area (Å²) in [5.41, 5.74) is 0. The summed E-state index contributed by atoms with van der Waals surface area (Å²) < 4.78 is 0. The molecule has 2 unspecified atom stereocenters. The summed E-state index contributed by atoms with van der Waals surface area (Å²) in [6, 6.07) is 1.20. The van der Waals surface area contributed by atoms with E-state index in [1.54, 1.807) is 0 Å². The van der Waals surface area contributed by atoms with Crippen LogP contribution in [0.25, 0.3) is 0 Å².